The van der Waals surface area contributed by atoms with E-state index in [0.29, 0.717) is 29.6 Å². The molecule has 4 rings (SSSR count). The minimum Gasteiger partial charge on any atom is -0.467 e. The number of carbonyl (C=O) groups is 1. The van der Waals surface area contributed by atoms with E-state index in [4.69, 9.17) is 4.42 Å². The Balaban J connectivity index is 1.55. The number of carbonyl (C=O) groups excluding carboxylic acids is 1. The second kappa shape index (κ2) is 7.40. The van der Waals surface area contributed by atoms with Gasteiger partial charge in [0.05, 0.1) is 23.3 Å². The van der Waals surface area contributed by atoms with Gasteiger partial charge < -0.3 is 14.6 Å². The first-order valence-corrected chi connectivity index (χ1v) is 11.2. The number of hydrogen-bond acceptors (Lipinski definition) is 5. The number of benzene rings is 2. The molecule has 6 nitrogen and oxygen atoms in total. The molecule has 0 saturated carbocycles. The van der Waals surface area contributed by atoms with Crippen molar-refractivity contribution in [2.75, 3.05) is 16.5 Å². The monoisotopic (exact) mass is 410 g/mol. The molecular formula is C22H22N2O4S. The predicted molar refractivity (Wildman–Crippen MR) is 112 cm³/mol. The average Bonchev–Trinajstić information content (AvgIpc) is 3.26. The Bertz CT molecular complexity index is 1170. The molecule has 1 aliphatic heterocycles. The number of nitrogens with zero attached hydrogens (tertiary/aromatic N) is 1. The van der Waals surface area contributed by atoms with Gasteiger partial charge in [-0.25, -0.2) is 8.42 Å². The van der Waals surface area contributed by atoms with E-state index >= 15 is 0 Å². The first-order valence-electron chi connectivity index (χ1n) is 9.35. The van der Waals surface area contributed by atoms with Crippen LogP contribution in [0.2, 0.25) is 0 Å². The van der Waals surface area contributed by atoms with Crippen molar-refractivity contribution in [3.8, 4) is 0 Å². The summed E-state index contributed by atoms with van der Waals surface area (Å²) < 4.78 is 29.1. The number of amides is 1. The van der Waals surface area contributed by atoms with Crippen LogP contribution in [0.4, 0.5) is 11.4 Å². The summed E-state index contributed by atoms with van der Waals surface area (Å²) in [5.74, 6) is 0.241. The van der Waals surface area contributed by atoms with Gasteiger partial charge >= 0.3 is 0 Å². The molecule has 0 spiro atoms. The predicted octanol–water partition coefficient (Wildman–Crippen LogP) is 3.89. The first kappa shape index (κ1) is 19.3. The van der Waals surface area contributed by atoms with E-state index in [1.165, 1.54) is 24.0 Å². The van der Waals surface area contributed by atoms with Gasteiger partial charge in [-0.15, -0.1) is 0 Å². The zero-order valence-corrected chi connectivity index (χ0v) is 17.1. The third kappa shape index (κ3) is 3.91. The number of rotatable bonds is 5. The molecule has 0 saturated heterocycles. The molecule has 1 aliphatic rings. The van der Waals surface area contributed by atoms with Crippen LogP contribution in [0.3, 0.4) is 0 Å². The van der Waals surface area contributed by atoms with Crippen LogP contribution in [0.5, 0.6) is 0 Å². The van der Waals surface area contributed by atoms with Gasteiger partial charge in [0.2, 0.25) is 0 Å². The van der Waals surface area contributed by atoms with Crippen LogP contribution in [-0.2, 0) is 22.8 Å². The summed E-state index contributed by atoms with van der Waals surface area (Å²) in [5.41, 5.74) is 3.30. The van der Waals surface area contributed by atoms with Gasteiger partial charge in [-0.2, -0.15) is 0 Å². The number of fused-ring (bicyclic) bond motifs is 1. The SMILES string of the molecule is CC1Cc2ccccc2N1Cc1occc1C(=O)Nc1cccc(S(C)(=O)=O)c1. The maximum absolute atomic E-state index is 12.8. The van der Waals surface area contributed by atoms with E-state index in [-0.39, 0.29) is 10.8 Å². The first-order chi connectivity index (χ1) is 13.8. The van der Waals surface area contributed by atoms with Crippen LogP contribution in [-0.4, -0.2) is 26.6 Å². The second-order valence-corrected chi connectivity index (χ2v) is 9.34. The van der Waals surface area contributed by atoms with Crippen molar-refractivity contribution in [3.63, 3.8) is 0 Å². The molecule has 150 valence electrons. The van der Waals surface area contributed by atoms with Crippen molar-refractivity contribution >= 4 is 27.1 Å². The van der Waals surface area contributed by atoms with Crippen molar-refractivity contribution in [3.05, 3.63) is 77.7 Å². The van der Waals surface area contributed by atoms with Crippen LogP contribution >= 0.6 is 0 Å². The molecule has 1 aromatic heterocycles. The summed E-state index contributed by atoms with van der Waals surface area (Å²) in [6.45, 7) is 2.64. The van der Waals surface area contributed by atoms with Gasteiger partial charge in [-0.3, -0.25) is 4.79 Å². The summed E-state index contributed by atoms with van der Waals surface area (Å²) >= 11 is 0. The number of furan rings is 1. The summed E-state index contributed by atoms with van der Waals surface area (Å²) in [6.07, 6.45) is 3.59. The molecule has 2 heterocycles. The van der Waals surface area contributed by atoms with E-state index in [1.807, 2.05) is 12.1 Å². The Hall–Kier alpha value is -3.06. The van der Waals surface area contributed by atoms with Crippen molar-refractivity contribution < 1.29 is 17.6 Å². The Morgan fingerprint density at radius 2 is 1.97 bits per heavy atom. The molecule has 0 aliphatic carbocycles. The molecule has 29 heavy (non-hydrogen) atoms. The smallest absolute Gasteiger partial charge is 0.259 e. The highest BCUT2D eigenvalue weighted by atomic mass is 32.2. The van der Waals surface area contributed by atoms with Gasteiger partial charge in [-0.1, -0.05) is 24.3 Å². The van der Waals surface area contributed by atoms with Gasteiger partial charge in [0.25, 0.3) is 5.91 Å². The number of anilines is 2. The molecule has 1 atom stereocenters. The van der Waals surface area contributed by atoms with E-state index < -0.39 is 9.84 Å². The van der Waals surface area contributed by atoms with Crippen molar-refractivity contribution in [1.82, 2.24) is 0 Å². The Morgan fingerprint density at radius 1 is 1.17 bits per heavy atom. The third-order valence-corrected chi connectivity index (χ3v) is 6.28. The van der Waals surface area contributed by atoms with Crippen molar-refractivity contribution in [2.45, 2.75) is 30.8 Å². The molecule has 0 bridgehead atoms. The number of sulfone groups is 1. The lowest BCUT2D eigenvalue weighted by Gasteiger charge is -2.24. The van der Waals surface area contributed by atoms with Crippen molar-refractivity contribution in [1.29, 1.82) is 0 Å². The highest BCUT2D eigenvalue weighted by Gasteiger charge is 2.28. The molecule has 3 aromatic rings. The lowest BCUT2D eigenvalue weighted by molar-refractivity contribution is 0.102. The highest BCUT2D eigenvalue weighted by Crippen LogP contribution is 2.33. The molecule has 1 unspecified atom stereocenters. The Morgan fingerprint density at radius 3 is 2.76 bits per heavy atom. The molecular weight excluding hydrogens is 388 g/mol. The topological polar surface area (TPSA) is 79.6 Å². The minimum atomic E-state index is -3.35. The normalized spacial score (nSPS) is 15.9. The van der Waals surface area contributed by atoms with Crippen LogP contribution in [0.1, 0.15) is 28.6 Å². The third-order valence-electron chi connectivity index (χ3n) is 5.17. The van der Waals surface area contributed by atoms with Crippen LogP contribution in [0, 0.1) is 0 Å². The zero-order valence-electron chi connectivity index (χ0n) is 16.3. The molecule has 7 heteroatoms. The number of nitrogens with one attached hydrogen (secondary N) is 1. The fourth-order valence-corrected chi connectivity index (χ4v) is 4.36. The average molecular weight is 410 g/mol. The van der Waals surface area contributed by atoms with Gasteiger partial charge in [0, 0.05) is 23.7 Å². The fourth-order valence-electron chi connectivity index (χ4n) is 3.69. The van der Waals surface area contributed by atoms with E-state index in [9.17, 15) is 13.2 Å². The molecule has 2 aromatic carbocycles. The van der Waals surface area contributed by atoms with Gasteiger partial charge in [0.1, 0.15) is 5.76 Å². The summed E-state index contributed by atoms with van der Waals surface area (Å²) in [7, 11) is -3.35. The lowest BCUT2D eigenvalue weighted by Crippen LogP contribution is -2.29. The quantitative estimate of drug-likeness (QED) is 0.690. The molecule has 1 N–H and O–H groups in total. The summed E-state index contributed by atoms with van der Waals surface area (Å²) in [6, 6.07) is 16.4. The molecule has 1 amide bonds. The fraction of sp³-hybridized carbons (Fsp3) is 0.227. The lowest BCUT2D eigenvalue weighted by atomic mass is 10.1. The zero-order chi connectivity index (χ0) is 20.6. The van der Waals surface area contributed by atoms with Gasteiger partial charge in [-0.05, 0) is 49.2 Å². The van der Waals surface area contributed by atoms with Crippen LogP contribution in [0.25, 0.3) is 0 Å². The van der Waals surface area contributed by atoms with Crippen LogP contribution in [0.15, 0.2) is 70.2 Å². The minimum absolute atomic E-state index is 0.158. The summed E-state index contributed by atoms with van der Waals surface area (Å²) in [4.78, 5) is 15.2. The largest absolute Gasteiger partial charge is 0.467 e. The molecule has 0 radical (unpaired) electrons. The summed E-state index contributed by atoms with van der Waals surface area (Å²) in [5, 5.41) is 2.77. The Kier molecular flexibility index (Phi) is 4.92. The van der Waals surface area contributed by atoms with Crippen LogP contribution < -0.4 is 10.2 Å². The van der Waals surface area contributed by atoms with E-state index in [1.54, 1.807) is 18.2 Å². The second-order valence-electron chi connectivity index (χ2n) is 7.32. The Labute approximate surface area is 170 Å². The van der Waals surface area contributed by atoms with Crippen molar-refractivity contribution in [2.24, 2.45) is 0 Å². The maximum atomic E-state index is 12.8. The number of hydrogen-bond donors (Lipinski definition) is 1. The maximum Gasteiger partial charge on any atom is 0.259 e. The van der Waals surface area contributed by atoms with E-state index in [0.717, 1.165) is 18.4 Å². The van der Waals surface area contributed by atoms with E-state index in [2.05, 4.69) is 29.3 Å². The molecule has 0 fully saturated rings. The number of para-hydroxylation sites is 1. The van der Waals surface area contributed by atoms with Gasteiger partial charge in [0.15, 0.2) is 9.84 Å². The highest BCUT2D eigenvalue weighted by molar-refractivity contribution is 7.90. The standard InChI is InChI=1S/C22H22N2O4S/c1-15-12-16-6-3-4-9-20(16)24(15)14-21-19(10-11-28-21)22(25)23-17-7-5-8-18(13-17)29(2,26)27/h3-11,13,15H,12,14H2,1-2H3,(H,23,25).